The largest absolute Gasteiger partial charge is 0.493 e. The summed E-state index contributed by atoms with van der Waals surface area (Å²) in [4.78, 5) is 23.4. The van der Waals surface area contributed by atoms with Gasteiger partial charge in [0.15, 0.2) is 11.5 Å². The third kappa shape index (κ3) is 5.95. The molecule has 2 N–H and O–H groups in total. The van der Waals surface area contributed by atoms with Gasteiger partial charge in [-0.2, -0.15) is 5.26 Å². The lowest BCUT2D eigenvalue weighted by Crippen LogP contribution is -2.13. The second-order valence-electron chi connectivity index (χ2n) is 6.80. The topological polar surface area (TPSA) is 109 Å². The van der Waals surface area contributed by atoms with Gasteiger partial charge in [0.05, 0.1) is 12.7 Å². The van der Waals surface area contributed by atoms with Crippen molar-refractivity contribution in [1.29, 1.82) is 5.26 Å². The van der Waals surface area contributed by atoms with Crippen molar-refractivity contribution < 1.29 is 28.6 Å². The molecule has 0 aromatic heterocycles. The average molecular weight is 446 g/mol. The first-order valence-corrected chi connectivity index (χ1v) is 9.72. The molecule has 1 amide bonds. The minimum absolute atomic E-state index is 0.00470. The molecule has 3 rings (SSSR count). The van der Waals surface area contributed by atoms with Crippen LogP contribution in [-0.2, 0) is 11.4 Å². The first-order chi connectivity index (χ1) is 15.9. The van der Waals surface area contributed by atoms with Gasteiger partial charge in [0, 0.05) is 11.3 Å². The molecule has 33 heavy (non-hydrogen) atoms. The first kappa shape index (κ1) is 23.0. The Morgan fingerprint density at radius 1 is 1.09 bits per heavy atom. The van der Waals surface area contributed by atoms with Gasteiger partial charge in [-0.1, -0.05) is 24.3 Å². The van der Waals surface area contributed by atoms with Crippen LogP contribution in [0.2, 0.25) is 0 Å². The number of carbonyl (C=O) groups is 2. The molecule has 0 unspecified atom stereocenters. The second-order valence-corrected chi connectivity index (χ2v) is 6.80. The number of amides is 1. The number of hydrogen-bond donors (Lipinski definition) is 2. The highest BCUT2D eigenvalue weighted by atomic mass is 19.1. The highest BCUT2D eigenvalue weighted by Gasteiger charge is 2.12. The van der Waals surface area contributed by atoms with Crippen LogP contribution in [0.1, 0.15) is 21.5 Å². The molecule has 0 heterocycles. The molecule has 0 saturated heterocycles. The number of carbonyl (C=O) groups excluding carboxylic acids is 1. The average Bonchev–Trinajstić information content (AvgIpc) is 2.82. The monoisotopic (exact) mass is 446 g/mol. The second kappa shape index (κ2) is 10.6. The molecular formula is C25H19FN2O5. The van der Waals surface area contributed by atoms with E-state index in [1.165, 1.54) is 43.5 Å². The number of nitrogens with zero attached hydrogens (tertiary/aromatic N) is 1. The number of nitrogens with one attached hydrogen (secondary N) is 1. The van der Waals surface area contributed by atoms with Crippen LogP contribution >= 0.6 is 0 Å². The summed E-state index contributed by atoms with van der Waals surface area (Å²) in [6.07, 6.45) is 1.38. The van der Waals surface area contributed by atoms with Crippen LogP contribution in [0.3, 0.4) is 0 Å². The predicted octanol–water partition coefficient (Wildman–Crippen LogP) is 4.66. The third-order valence-corrected chi connectivity index (χ3v) is 4.59. The summed E-state index contributed by atoms with van der Waals surface area (Å²) in [7, 11) is 1.44. The van der Waals surface area contributed by atoms with E-state index >= 15 is 0 Å². The Balaban J connectivity index is 1.74. The van der Waals surface area contributed by atoms with E-state index in [2.05, 4.69) is 5.32 Å². The van der Waals surface area contributed by atoms with Crippen LogP contribution in [0.25, 0.3) is 6.08 Å². The molecule has 0 aliphatic rings. The lowest BCUT2D eigenvalue weighted by Gasteiger charge is -2.12. The van der Waals surface area contributed by atoms with Crippen LogP contribution in [0.15, 0.2) is 72.3 Å². The van der Waals surface area contributed by atoms with Gasteiger partial charge in [0.1, 0.15) is 24.1 Å². The van der Waals surface area contributed by atoms with Gasteiger partial charge in [-0.25, -0.2) is 9.18 Å². The van der Waals surface area contributed by atoms with Gasteiger partial charge in [-0.15, -0.1) is 0 Å². The molecule has 3 aromatic carbocycles. The highest BCUT2D eigenvalue weighted by Crippen LogP contribution is 2.30. The molecule has 0 bridgehead atoms. The predicted molar refractivity (Wildman–Crippen MR) is 119 cm³/mol. The number of anilines is 1. The lowest BCUT2D eigenvalue weighted by molar-refractivity contribution is -0.112. The van der Waals surface area contributed by atoms with Crippen LogP contribution in [0, 0.1) is 17.1 Å². The smallest absolute Gasteiger partial charge is 0.335 e. The van der Waals surface area contributed by atoms with E-state index in [0.29, 0.717) is 28.3 Å². The minimum atomic E-state index is -1.08. The number of halogens is 1. The van der Waals surface area contributed by atoms with Crippen molar-refractivity contribution in [3.05, 3.63) is 94.8 Å². The Labute approximate surface area is 189 Å². The van der Waals surface area contributed by atoms with E-state index in [9.17, 15) is 19.2 Å². The fraction of sp³-hybridized carbons (Fsp3) is 0.0800. The number of carboxylic acid groups (broad SMARTS) is 1. The van der Waals surface area contributed by atoms with Gasteiger partial charge in [0.25, 0.3) is 5.91 Å². The maximum Gasteiger partial charge on any atom is 0.335 e. The van der Waals surface area contributed by atoms with E-state index < -0.39 is 11.9 Å². The van der Waals surface area contributed by atoms with Crippen molar-refractivity contribution in [3.8, 4) is 17.6 Å². The zero-order valence-corrected chi connectivity index (χ0v) is 17.5. The van der Waals surface area contributed by atoms with Gasteiger partial charge < -0.3 is 19.9 Å². The van der Waals surface area contributed by atoms with E-state index in [4.69, 9.17) is 14.6 Å². The van der Waals surface area contributed by atoms with Crippen LogP contribution in [0.5, 0.6) is 11.5 Å². The minimum Gasteiger partial charge on any atom is -0.493 e. The number of methoxy groups -OCH3 is 1. The molecule has 0 spiro atoms. The molecule has 166 valence electrons. The summed E-state index contributed by atoms with van der Waals surface area (Å²) < 4.78 is 24.8. The summed E-state index contributed by atoms with van der Waals surface area (Å²) in [6, 6.07) is 18.5. The molecule has 0 aliphatic carbocycles. The maximum atomic E-state index is 13.8. The van der Waals surface area contributed by atoms with Gasteiger partial charge in [-0.05, 0) is 54.1 Å². The molecule has 3 aromatic rings. The summed E-state index contributed by atoms with van der Waals surface area (Å²) in [5.74, 6) is -1.39. The maximum absolute atomic E-state index is 13.8. The van der Waals surface area contributed by atoms with Crippen molar-refractivity contribution in [3.63, 3.8) is 0 Å². The number of carboxylic acids is 1. The number of aromatic carboxylic acids is 1. The van der Waals surface area contributed by atoms with Crippen molar-refractivity contribution in [2.24, 2.45) is 0 Å². The third-order valence-electron chi connectivity index (χ3n) is 4.59. The SMILES string of the molecule is COc1cc(/C=C(\C#N)C(=O)Nc2ccc(C(=O)O)cc2)ccc1OCc1ccccc1F. The van der Waals surface area contributed by atoms with Crippen molar-refractivity contribution >= 4 is 23.6 Å². The Bertz CT molecular complexity index is 1250. The van der Waals surface area contributed by atoms with E-state index in [1.54, 1.807) is 36.4 Å². The van der Waals surface area contributed by atoms with Crippen LogP contribution in [0.4, 0.5) is 10.1 Å². The lowest BCUT2D eigenvalue weighted by atomic mass is 10.1. The summed E-state index contributed by atoms with van der Waals surface area (Å²) in [5, 5.41) is 20.9. The zero-order valence-electron chi connectivity index (χ0n) is 17.5. The number of nitriles is 1. The normalized spacial score (nSPS) is 10.8. The fourth-order valence-electron chi connectivity index (χ4n) is 2.87. The van der Waals surface area contributed by atoms with Crippen molar-refractivity contribution in [2.45, 2.75) is 6.61 Å². The summed E-state index contributed by atoms with van der Waals surface area (Å²) in [6.45, 7) is 0.00470. The molecule has 0 radical (unpaired) electrons. The number of rotatable bonds is 8. The summed E-state index contributed by atoms with van der Waals surface area (Å²) >= 11 is 0. The van der Waals surface area contributed by atoms with Gasteiger partial charge in [-0.3, -0.25) is 4.79 Å². The standard InChI is InChI=1S/C25H19FN2O5/c1-32-23-13-16(6-11-22(23)33-15-18-4-2-3-5-21(18)26)12-19(14-27)24(29)28-20-9-7-17(8-10-20)25(30)31/h2-13H,15H2,1H3,(H,28,29)(H,30,31)/b19-12+. The molecule has 8 heteroatoms. The number of benzene rings is 3. The molecule has 0 saturated carbocycles. The molecule has 7 nitrogen and oxygen atoms in total. The number of ether oxygens (including phenoxy) is 2. The number of hydrogen-bond acceptors (Lipinski definition) is 5. The Hall–Kier alpha value is -4.64. The molecule has 0 aliphatic heterocycles. The van der Waals surface area contributed by atoms with Crippen LogP contribution in [-0.4, -0.2) is 24.1 Å². The van der Waals surface area contributed by atoms with Crippen molar-refractivity contribution in [2.75, 3.05) is 12.4 Å². The molecular weight excluding hydrogens is 427 g/mol. The molecule has 0 fully saturated rings. The quantitative estimate of drug-likeness (QED) is 0.385. The first-order valence-electron chi connectivity index (χ1n) is 9.72. The van der Waals surface area contributed by atoms with E-state index in [-0.39, 0.29) is 23.6 Å². The zero-order chi connectivity index (χ0) is 23.8. The van der Waals surface area contributed by atoms with E-state index in [1.807, 2.05) is 6.07 Å². The fourth-order valence-corrected chi connectivity index (χ4v) is 2.87. The highest BCUT2D eigenvalue weighted by molar-refractivity contribution is 6.09. The van der Waals surface area contributed by atoms with Crippen molar-refractivity contribution in [1.82, 2.24) is 0 Å². The van der Waals surface area contributed by atoms with Gasteiger partial charge >= 0.3 is 5.97 Å². The van der Waals surface area contributed by atoms with Crippen LogP contribution < -0.4 is 14.8 Å². The summed E-state index contributed by atoms with van der Waals surface area (Å²) in [5.41, 5.74) is 1.16. The Morgan fingerprint density at radius 2 is 1.82 bits per heavy atom. The Morgan fingerprint density at radius 3 is 2.45 bits per heavy atom. The molecule has 0 atom stereocenters. The van der Waals surface area contributed by atoms with E-state index in [0.717, 1.165) is 0 Å². The Kier molecular flexibility index (Phi) is 7.39. The van der Waals surface area contributed by atoms with Gasteiger partial charge in [0.2, 0.25) is 0 Å².